The van der Waals surface area contributed by atoms with E-state index in [9.17, 15) is 9.59 Å². The van der Waals surface area contributed by atoms with E-state index in [0.29, 0.717) is 33.4 Å². The molecule has 0 radical (unpaired) electrons. The van der Waals surface area contributed by atoms with Gasteiger partial charge in [-0.25, -0.2) is 9.78 Å². The molecule has 6 nitrogen and oxygen atoms in total. The van der Waals surface area contributed by atoms with E-state index in [0.717, 1.165) is 11.3 Å². The second kappa shape index (κ2) is 6.13. The van der Waals surface area contributed by atoms with Crippen molar-refractivity contribution in [3.8, 4) is 0 Å². The van der Waals surface area contributed by atoms with Crippen molar-refractivity contribution in [3.05, 3.63) is 45.5 Å². The van der Waals surface area contributed by atoms with Crippen LogP contribution in [-0.4, -0.2) is 28.5 Å². The Balaban J connectivity index is 2.09. The first-order valence-electron chi connectivity index (χ1n) is 7.48. The molecule has 1 aliphatic rings. The molecule has 0 atom stereocenters. The lowest BCUT2D eigenvalue weighted by Crippen LogP contribution is -2.06. The molecule has 0 aromatic carbocycles. The maximum absolute atomic E-state index is 12.3. The van der Waals surface area contributed by atoms with Gasteiger partial charge in [-0.3, -0.25) is 4.79 Å². The van der Waals surface area contributed by atoms with Crippen LogP contribution in [0, 0.1) is 13.8 Å². The highest BCUT2D eigenvalue weighted by Gasteiger charge is 2.28. The third-order valence-electron chi connectivity index (χ3n) is 3.67. The van der Waals surface area contributed by atoms with Gasteiger partial charge in [-0.15, -0.1) is 0 Å². The predicted octanol–water partition coefficient (Wildman–Crippen LogP) is 3.35. The molecule has 0 aliphatic carbocycles. The predicted molar refractivity (Wildman–Crippen MR) is 92.0 cm³/mol. The van der Waals surface area contributed by atoms with Crippen molar-refractivity contribution in [2.75, 3.05) is 11.9 Å². The molecule has 7 heteroatoms. The molecule has 2 N–H and O–H groups in total. The highest BCUT2D eigenvalue weighted by atomic mass is 35.5. The summed E-state index contributed by atoms with van der Waals surface area (Å²) in [5, 5.41) is 3.10. The van der Waals surface area contributed by atoms with E-state index < -0.39 is 5.97 Å². The topological polar surface area (TPSA) is 84.1 Å². The third kappa shape index (κ3) is 2.80. The summed E-state index contributed by atoms with van der Waals surface area (Å²) in [5.41, 5.74) is 3.87. The Labute approximate surface area is 143 Å². The van der Waals surface area contributed by atoms with E-state index in [-0.39, 0.29) is 12.5 Å². The fourth-order valence-electron chi connectivity index (χ4n) is 2.57. The van der Waals surface area contributed by atoms with Gasteiger partial charge in [0.2, 0.25) is 0 Å². The minimum absolute atomic E-state index is 0.277. The van der Waals surface area contributed by atoms with Crippen molar-refractivity contribution in [1.82, 2.24) is 9.97 Å². The number of amides is 1. The summed E-state index contributed by atoms with van der Waals surface area (Å²) in [7, 11) is 0. The molecule has 0 saturated heterocycles. The van der Waals surface area contributed by atoms with Gasteiger partial charge in [-0.05, 0) is 44.5 Å². The Morgan fingerprint density at radius 1 is 1.38 bits per heavy atom. The molecule has 0 saturated carbocycles. The number of hydrogen-bond acceptors (Lipinski definition) is 4. The van der Waals surface area contributed by atoms with Gasteiger partial charge in [0.15, 0.2) is 0 Å². The van der Waals surface area contributed by atoms with Crippen LogP contribution in [0.1, 0.15) is 39.9 Å². The van der Waals surface area contributed by atoms with Crippen molar-refractivity contribution >= 4 is 40.8 Å². The molecular weight excluding hydrogens is 330 g/mol. The highest BCUT2D eigenvalue weighted by molar-refractivity contribution is 6.35. The normalized spacial score (nSPS) is 14.7. The summed E-state index contributed by atoms with van der Waals surface area (Å²) in [6, 6.07) is 3.46. The van der Waals surface area contributed by atoms with E-state index in [1.54, 1.807) is 25.1 Å². The van der Waals surface area contributed by atoms with Crippen LogP contribution in [0.25, 0.3) is 11.6 Å². The molecule has 24 heavy (non-hydrogen) atoms. The fraction of sp³-hybridized carbons (Fsp3) is 0.235. The number of pyridine rings is 1. The van der Waals surface area contributed by atoms with E-state index >= 15 is 0 Å². The van der Waals surface area contributed by atoms with Gasteiger partial charge in [0.05, 0.1) is 29.1 Å². The lowest BCUT2D eigenvalue weighted by atomic mass is 10.1. The molecule has 0 spiro atoms. The van der Waals surface area contributed by atoms with Crippen LogP contribution in [0.5, 0.6) is 0 Å². The number of esters is 1. The Morgan fingerprint density at radius 3 is 2.83 bits per heavy atom. The number of rotatable bonds is 3. The quantitative estimate of drug-likeness (QED) is 0.507. The molecule has 3 rings (SSSR count). The summed E-state index contributed by atoms with van der Waals surface area (Å²) in [4.78, 5) is 31.7. The minimum atomic E-state index is -0.442. The number of nitrogens with one attached hydrogen (secondary N) is 2. The molecule has 2 aromatic rings. The zero-order valence-electron chi connectivity index (χ0n) is 13.5. The summed E-state index contributed by atoms with van der Waals surface area (Å²) >= 11 is 6.08. The summed E-state index contributed by atoms with van der Waals surface area (Å²) in [6.45, 7) is 5.66. The Hall–Kier alpha value is -2.60. The second-order valence-corrected chi connectivity index (χ2v) is 5.86. The van der Waals surface area contributed by atoms with Gasteiger partial charge in [-0.1, -0.05) is 11.6 Å². The summed E-state index contributed by atoms with van der Waals surface area (Å²) in [5.74, 6) is -0.733. The molecule has 2 aromatic heterocycles. The first-order valence-corrected chi connectivity index (χ1v) is 7.85. The Bertz CT molecular complexity index is 883. The number of carbonyl (C=O) groups is 2. The maximum atomic E-state index is 12.3. The number of nitrogens with zero attached hydrogens (tertiary/aromatic N) is 1. The van der Waals surface area contributed by atoms with E-state index in [4.69, 9.17) is 16.3 Å². The highest BCUT2D eigenvalue weighted by Crippen LogP contribution is 2.34. The molecule has 124 valence electrons. The first-order chi connectivity index (χ1) is 11.4. The number of H-pyrrole nitrogens is 1. The molecule has 3 heterocycles. The van der Waals surface area contributed by atoms with E-state index in [2.05, 4.69) is 15.3 Å². The zero-order chi connectivity index (χ0) is 17.4. The SMILES string of the molecule is CCOC(=O)c1cc(C)[nH]c1/C=C1\C(=O)Nc2cc(C)c(Cl)nc21. The van der Waals surface area contributed by atoms with Crippen LogP contribution in [0.3, 0.4) is 0 Å². The largest absolute Gasteiger partial charge is 0.462 e. The standard InChI is InChI=1S/C17H16ClN3O3/c1-4-24-17(23)10-6-9(3)19-12(10)7-11-14-13(20-16(11)22)5-8(2)15(18)21-14/h5-7,19H,4H2,1-3H3,(H,20,22)/b11-7-. The van der Waals surface area contributed by atoms with Crippen LogP contribution in [-0.2, 0) is 9.53 Å². The molecule has 0 bridgehead atoms. The van der Waals surface area contributed by atoms with E-state index in [1.165, 1.54) is 0 Å². The first kappa shape index (κ1) is 16.3. The zero-order valence-corrected chi connectivity index (χ0v) is 14.2. The Morgan fingerprint density at radius 2 is 2.12 bits per heavy atom. The number of carbonyl (C=O) groups excluding carboxylic acids is 2. The van der Waals surface area contributed by atoms with Crippen LogP contribution >= 0.6 is 11.6 Å². The molecule has 0 unspecified atom stereocenters. The van der Waals surface area contributed by atoms with Crippen LogP contribution in [0.2, 0.25) is 5.15 Å². The third-order valence-corrected chi connectivity index (χ3v) is 4.05. The molecular formula is C17H16ClN3O3. The van der Waals surface area contributed by atoms with Gasteiger partial charge in [-0.2, -0.15) is 0 Å². The average Bonchev–Trinajstić information content (AvgIpc) is 3.02. The molecule has 1 amide bonds. The van der Waals surface area contributed by atoms with Crippen molar-refractivity contribution in [2.45, 2.75) is 20.8 Å². The number of aromatic nitrogens is 2. The lowest BCUT2D eigenvalue weighted by molar-refractivity contribution is -0.110. The van der Waals surface area contributed by atoms with Gasteiger partial charge < -0.3 is 15.0 Å². The second-order valence-electron chi connectivity index (χ2n) is 5.50. The number of anilines is 1. The maximum Gasteiger partial charge on any atom is 0.340 e. The van der Waals surface area contributed by atoms with Crippen LogP contribution in [0.15, 0.2) is 12.1 Å². The van der Waals surface area contributed by atoms with Crippen molar-refractivity contribution in [1.29, 1.82) is 0 Å². The van der Waals surface area contributed by atoms with Crippen LogP contribution < -0.4 is 5.32 Å². The number of halogens is 1. The summed E-state index contributed by atoms with van der Waals surface area (Å²) in [6.07, 6.45) is 1.60. The number of ether oxygens (including phenoxy) is 1. The number of aromatic amines is 1. The van der Waals surface area contributed by atoms with Crippen molar-refractivity contribution in [2.24, 2.45) is 0 Å². The molecule has 0 fully saturated rings. The van der Waals surface area contributed by atoms with Gasteiger partial charge in [0.25, 0.3) is 5.91 Å². The fourth-order valence-corrected chi connectivity index (χ4v) is 2.71. The number of fused-ring (bicyclic) bond motifs is 1. The number of hydrogen-bond donors (Lipinski definition) is 2. The van der Waals surface area contributed by atoms with Crippen LogP contribution in [0.4, 0.5) is 5.69 Å². The average molecular weight is 346 g/mol. The smallest absolute Gasteiger partial charge is 0.340 e. The Kier molecular flexibility index (Phi) is 4.15. The minimum Gasteiger partial charge on any atom is -0.462 e. The van der Waals surface area contributed by atoms with Crippen molar-refractivity contribution in [3.63, 3.8) is 0 Å². The van der Waals surface area contributed by atoms with Gasteiger partial charge >= 0.3 is 5.97 Å². The van der Waals surface area contributed by atoms with Crippen molar-refractivity contribution < 1.29 is 14.3 Å². The van der Waals surface area contributed by atoms with Gasteiger partial charge in [0.1, 0.15) is 10.8 Å². The number of aryl methyl sites for hydroxylation is 2. The molecule has 1 aliphatic heterocycles. The summed E-state index contributed by atoms with van der Waals surface area (Å²) < 4.78 is 5.05. The lowest BCUT2D eigenvalue weighted by Gasteiger charge is -2.03. The van der Waals surface area contributed by atoms with E-state index in [1.807, 2.05) is 13.8 Å². The van der Waals surface area contributed by atoms with Gasteiger partial charge in [0, 0.05) is 5.69 Å². The monoisotopic (exact) mass is 345 g/mol.